The molecule has 8 bridgehead atoms. The van der Waals surface area contributed by atoms with E-state index in [2.05, 4.69) is 96.3 Å². The van der Waals surface area contributed by atoms with E-state index in [1.165, 1.54) is 44.7 Å². The van der Waals surface area contributed by atoms with Gasteiger partial charge < -0.3 is 21.3 Å². The van der Waals surface area contributed by atoms with Crippen molar-refractivity contribution in [1.29, 1.82) is 0 Å². The Kier molecular flexibility index (Phi) is 8.70. The Balaban J connectivity index is 1.19. The van der Waals surface area contributed by atoms with Gasteiger partial charge in [-0.25, -0.2) is 0 Å². The number of nitrogens with one attached hydrogen (secondary N) is 4. The third-order valence-electron chi connectivity index (χ3n) is 17.4. The Hall–Kier alpha value is -0.0800. The summed E-state index contributed by atoms with van der Waals surface area (Å²) in [6.07, 6.45) is 19.8. The van der Waals surface area contributed by atoms with Gasteiger partial charge in [0, 0.05) is 56.5 Å². The minimum absolute atomic E-state index is 0.0688. The van der Waals surface area contributed by atoms with E-state index in [0.717, 1.165) is 62.9 Å². The number of benzene rings is 1. The maximum absolute atomic E-state index is 4.05. The number of hydrogen-bond donors (Lipinski definition) is 4. The molecule has 0 amide bonds. The van der Waals surface area contributed by atoms with Gasteiger partial charge in [0.1, 0.15) is 0 Å². The molecular formula is C44H72N4P2. The van der Waals surface area contributed by atoms with Crippen LogP contribution in [-0.2, 0) is 11.3 Å². The van der Waals surface area contributed by atoms with Crippen LogP contribution in [0.25, 0.3) is 0 Å². The summed E-state index contributed by atoms with van der Waals surface area (Å²) >= 11 is 0. The molecule has 278 valence electrons. The van der Waals surface area contributed by atoms with Crippen LogP contribution in [0.2, 0.25) is 0 Å². The first kappa shape index (κ1) is 35.6. The van der Waals surface area contributed by atoms with E-state index in [0.29, 0.717) is 44.1 Å². The van der Waals surface area contributed by atoms with Crippen molar-refractivity contribution in [2.24, 2.45) is 45.3 Å². The lowest BCUT2D eigenvalue weighted by molar-refractivity contribution is -0.113. The average Bonchev–Trinajstić information content (AvgIpc) is 3.05. The maximum atomic E-state index is 4.05. The fraction of sp³-hybridized carbons (Fsp3) is 0.864. The lowest BCUT2D eigenvalue weighted by Crippen LogP contribution is -2.66. The summed E-state index contributed by atoms with van der Waals surface area (Å²) in [6, 6.07) is 10.8. The summed E-state index contributed by atoms with van der Waals surface area (Å²) in [5.41, 5.74) is 5.23. The predicted octanol–water partition coefficient (Wildman–Crippen LogP) is 8.63. The van der Waals surface area contributed by atoms with E-state index in [1.807, 2.05) is 0 Å². The second-order valence-electron chi connectivity index (χ2n) is 22.0. The average molecular weight is 719 g/mol. The highest BCUT2D eigenvalue weighted by molar-refractivity contribution is 7.60. The molecule has 0 radical (unpaired) electrons. The quantitative estimate of drug-likeness (QED) is 0.213. The Bertz CT molecular complexity index is 1320. The van der Waals surface area contributed by atoms with Gasteiger partial charge in [0.05, 0.1) is 0 Å². The van der Waals surface area contributed by atoms with Gasteiger partial charge in [0.25, 0.3) is 0 Å². The van der Waals surface area contributed by atoms with Gasteiger partial charge >= 0.3 is 0 Å². The molecular weight excluding hydrogens is 646 g/mol. The minimum Gasteiger partial charge on any atom is -0.314 e. The van der Waals surface area contributed by atoms with Gasteiger partial charge in [-0.15, -0.1) is 9.24 Å². The molecule has 10 aliphatic rings. The molecule has 2 heterocycles. The molecule has 0 spiro atoms. The van der Waals surface area contributed by atoms with Gasteiger partial charge in [-0.3, -0.25) is 0 Å². The van der Waals surface area contributed by atoms with Crippen molar-refractivity contribution in [3.8, 4) is 0 Å². The van der Waals surface area contributed by atoms with Crippen LogP contribution < -0.4 is 21.3 Å². The Morgan fingerprint density at radius 3 is 1.48 bits per heavy atom. The van der Waals surface area contributed by atoms with Crippen LogP contribution in [0.3, 0.4) is 0 Å². The summed E-state index contributed by atoms with van der Waals surface area (Å²) < 4.78 is 0. The van der Waals surface area contributed by atoms with E-state index in [1.54, 1.807) is 49.7 Å². The van der Waals surface area contributed by atoms with Crippen molar-refractivity contribution in [3.05, 3.63) is 35.4 Å². The summed E-state index contributed by atoms with van der Waals surface area (Å²) in [4.78, 5) is 0. The number of hydrogen-bond acceptors (Lipinski definition) is 4. The van der Waals surface area contributed by atoms with Crippen molar-refractivity contribution in [2.45, 2.75) is 152 Å². The SMILES string of the molecule is CC(C)(C)C12CC3CC(CC(P(Cc4ccccc4C(P)(C4CNCCN4)C4CNCCN4)C45CC6CC(C4)CC(C(C)(C)C)(C6)C5)(C3)C1)C2. The van der Waals surface area contributed by atoms with E-state index in [9.17, 15) is 0 Å². The minimum atomic E-state index is -0.223. The van der Waals surface area contributed by atoms with Crippen molar-refractivity contribution in [3.63, 3.8) is 0 Å². The van der Waals surface area contributed by atoms with Crippen molar-refractivity contribution < 1.29 is 0 Å². The summed E-state index contributed by atoms with van der Waals surface area (Å²) in [5, 5.41) is 16.8. The van der Waals surface area contributed by atoms with Crippen molar-refractivity contribution in [2.75, 3.05) is 39.3 Å². The van der Waals surface area contributed by atoms with Crippen LogP contribution in [0.1, 0.15) is 130 Å². The molecule has 0 aromatic heterocycles. The molecule has 2 aliphatic heterocycles. The highest BCUT2D eigenvalue weighted by Crippen LogP contribution is 2.84. The third kappa shape index (κ3) is 5.47. The highest BCUT2D eigenvalue weighted by atomic mass is 31.1. The zero-order valence-electron chi connectivity index (χ0n) is 32.7. The largest absolute Gasteiger partial charge is 0.314 e. The fourth-order valence-corrected chi connectivity index (χ4v) is 21.5. The summed E-state index contributed by atoms with van der Waals surface area (Å²) in [6.45, 7) is 22.2. The monoisotopic (exact) mass is 719 g/mol. The van der Waals surface area contributed by atoms with Crippen LogP contribution >= 0.6 is 17.2 Å². The molecule has 8 aliphatic carbocycles. The first-order chi connectivity index (χ1) is 23.7. The standard InChI is InChI=1S/C44H72N4P2/c1-38(2,3)40-17-30-15-31(18-40)22-42(21-30,28-40)50(43-23-32-16-33(24-43)20-41(19-32,29-43)39(4,5)6)27-34-9-7-8-10-35(34)44(49,36-25-45-11-13-47-36)37-26-46-12-14-48-37/h7-10,30-33,36-37,45-48H,11-29,49H2,1-6H3. The molecule has 7 atom stereocenters. The van der Waals surface area contributed by atoms with Crippen LogP contribution in [0, 0.1) is 45.3 Å². The van der Waals surface area contributed by atoms with Gasteiger partial charge in [-0.2, -0.15) is 0 Å². The first-order valence-corrected chi connectivity index (χ1v) is 23.3. The Morgan fingerprint density at radius 1 is 0.640 bits per heavy atom. The zero-order chi connectivity index (χ0) is 34.8. The van der Waals surface area contributed by atoms with Crippen LogP contribution in [0.15, 0.2) is 24.3 Å². The van der Waals surface area contributed by atoms with Crippen LogP contribution in [0.5, 0.6) is 0 Å². The number of piperazine rings is 2. The van der Waals surface area contributed by atoms with Crippen LogP contribution in [0.4, 0.5) is 0 Å². The van der Waals surface area contributed by atoms with Crippen molar-refractivity contribution >= 4 is 17.2 Å². The second-order valence-corrected chi connectivity index (χ2v) is 26.1. The molecule has 6 heteroatoms. The second kappa shape index (κ2) is 12.2. The zero-order valence-corrected chi connectivity index (χ0v) is 34.8. The molecule has 1 aromatic rings. The Morgan fingerprint density at radius 2 is 1.08 bits per heavy atom. The van der Waals surface area contributed by atoms with Gasteiger partial charge in [-0.05, 0) is 150 Å². The van der Waals surface area contributed by atoms with E-state index in [-0.39, 0.29) is 13.1 Å². The third-order valence-corrected chi connectivity index (χ3v) is 22.5. The maximum Gasteiger partial charge on any atom is 0.0429 e. The molecule has 2 saturated heterocycles. The Labute approximate surface area is 309 Å². The van der Waals surface area contributed by atoms with E-state index in [4.69, 9.17) is 0 Å². The lowest BCUT2D eigenvalue weighted by Gasteiger charge is -2.74. The summed E-state index contributed by atoms with van der Waals surface area (Å²) in [5.74, 6) is 3.88. The van der Waals surface area contributed by atoms with Gasteiger partial charge in [-0.1, -0.05) is 73.7 Å². The van der Waals surface area contributed by atoms with Crippen LogP contribution in [-0.4, -0.2) is 61.7 Å². The molecule has 7 unspecified atom stereocenters. The van der Waals surface area contributed by atoms with Gasteiger partial charge in [0.2, 0.25) is 0 Å². The number of rotatable bonds is 7. The predicted molar refractivity (Wildman–Crippen MR) is 216 cm³/mol. The smallest absolute Gasteiger partial charge is 0.0429 e. The first-order valence-electron chi connectivity index (χ1n) is 21.2. The molecule has 4 nitrogen and oxygen atoms in total. The fourth-order valence-electron chi connectivity index (χ4n) is 15.5. The van der Waals surface area contributed by atoms with Gasteiger partial charge in [0.15, 0.2) is 0 Å². The highest BCUT2D eigenvalue weighted by Gasteiger charge is 2.69. The van der Waals surface area contributed by atoms with Crippen molar-refractivity contribution in [1.82, 2.24) is 21.3 Å². The van der Waals surface area contributed by atoms with E-state index < -0.39 is 0 Å². The molecule has 50 heavy (non-hydrogen) atoms. The topological polar surface area (TPSA) is 48.1 Å². The molecule has 8 saturated carbocycles. The molecule has 1 aromatic carbocycles. The molecule has 10 fully saturated rings. The molecule has 11 rings (SSSR count). The summed E-state index contributed by atoms with van der Waals surface area (Å²) in [7, 11) is 3.31. The lowest BCUT2D eigenvalue weighted by atomic mass is 9.43. The molecule has 4 N–H and O–H groups in total. The van der Waals surface area contributed by atoms with E-state index >= 15 is 0 Å². The normalized spacial score (nSPS) is 45.8.